The normalized spacial score (nSPS) is 15.1. The van der Waals surface area contributed by atoms with Crippen molar-refractivity contribution in [1.29, 1.82) is 0 Å². The van der Waals surface area contributed by atoms with Gasteiger partial charge < -0.3 is 9.30 Å². The van der Waals surface area contributed by atoms with Crippen molar-refractivity contribution in [3.05, 3.63) is 173 Å². The van der Waals surface area contributed by atoms with Gasteiger partial charge in [0, 0.05) is 5.69 Å². The number of aryl methyl sites for hydroxylation is 1. The van der Waals surface area contributed by atoms with Crippen LogP contribution in [0.1, 0.15) is 40.1 Å². The van der Waals surface area contributed by atoms with E-state index in [2.05, 4.69) is 144 Å². The van der Waals surface area contributed by atoms with E-state index >= 15 is 0 Å². The molecule has 0 spiro atoms. The van der Waals surface area contributed by atoms with Gasteiger partial charge in [0.15, 0.2) is 0 Å². The molecule has 0 saturated heterocycles. The summed E-state index contributed by atoms with van der Waals surface area (Å²) < 4.78 is 8.81. The highest BCUT2D eigenvalue weighted by Gasteiger charge is 2.41. The first-order valence-corrected chi connectivity index (χ1v) is 14.6. The molecule has 6 aromatic rings. The maximum Gasteiger partial charge on any atom is 0.121 e. The zero-order valence-corrected chi connectivity index (χ0v) is 23.2. The number of ether oxygens (including phenoxy) is 1. The van der Waals surface area contributed by atoms with E-state index in [9.17, 15) is 0 Å². The molecule has 1 unspecified atom stereocenters. The molecule has 1 aliphatic rings. The molecular weight excluding hydrogens is 500 g/mol. The molecule has 0 fully saturated rings. The Morgan fingerprint density at radius 2 is 1.27 bits per heavy atom. The summed E-state index contributed by atoms with van der Waals surface area (Å²) in [5.41, 5.74) is 6.90. The molecule has 3 heteroatoms. The zero-order chi connectivity index (χ0) is 27.5. The number of hydrogen-bond donors (Lipinski definition) is 0. The van der Waals surface area contributed by atoms with Crippen molar-refractivity contribution in [2.75, 3.05) is 6.61 Å². The van der Waals surface area contributed by atoms with Gasteiger partial charge in [0.2, 0.25) is 0 Å². The predicted molar refractivity (Wildman–Crippen MR) is 166 cm³/mol. The van der Waals surface area contributed by atoms with Gasteiger partial charge in [-0.25, -0.2) is 4.98 Å². The standard InChI is InChI=1S/C38H34N2O/c1-4-14-33(15-5-1)38(34-16-6-2-7-17-34,35-18-8-3-9-19-35)40-28-39-36-23-21-30(25-37(36)40)27-41-26-29-20-22-31-12-10-11-13-32(31)24-29/h1-20,22,24,28,30H,21,23,25-27H2. The summed E-state index contributed by atoms with van der Waals surface area (Å²) in [6.07, 6.45) is 5.09. The van der Waals surface area contributed by atoms with Crippen molar-refractivity contribution in [2.45, 2.75) is 31.4 Å². The third kappa shape index (κ3) is 4.77. The first-order valence-electron chi connectivity index (χ1n) is 14.6. The zero-order valence-electron chi connectivity index (χ0n) is 23.2. The van der Waals surface area contributed by atoms with Crippen LogP contribution in [0.4, 0.5) is 0 Å². The number of hydrogen-bond acceptors (Lipinski definition) is 2. The second-order valence-corrected chi connectivity index (χ2v) is 11.1. The van der Waals surface area contributed by atoms with Crippen LogP contribution in [0.3, 0.4) is 0 Å². The van der Waals surface area contributed by atoms with Crippen LogP contribution in [-0.4, -0.2) is 16.2 Å². The quantitative estimate of drug-likeness (QED) is 0.184. The summed E-state index contributed by atoms with van der Waals surface area (Å²) in [5.74, 6) is 0.443. The van der Waals surface area contributed by atoms with E-state index in [4.69, 9.17) is 9.72 Å². The molecule has 5 aromatic carbocycles. The maximum atomic E-state index is 6.35. The summed E-state index contributed by atoms with van der Waals surface area (Å²) in [6.45, 7) is 1.38. The van der Waals surface area contributed by atoms with Gasteiger partial charge in [-0.3, -0.25) is 0 Å². The van der Waals surface area contributed by atoms with E-state index in [-0.39, 0.29) is 0 Å². The molecule has 1 aromatic heterocycles. The fourth-order valence-electron chi connectivity index (χ4n) is 6.61. The number of imidazole rings is 1. The Labute approximate surface area is 242 Å². The van der Waals surface area contributed by atoms with Gasteiger partial charge in [0.05, 0.1) is 25.2 Å². The van der Waals surface area contributed by atoms with Crippen LogP contribution in [0.25, 0.3) is 10.8 Å². The molecule has 3 nitrogen and oxygen atoms in total. The Morgan fingerprint density at radius 3 is 1.90 bits per heavy atom. The van der Waals surface area contributed by atoms with Crippen LogP contribution < -0.4 is 0 Å². The van der Waals surface area contributed by atoms with Gasteiger partial charge in [-0.15, -0.1) is 0 Å². The van der Waals surface area contributed by atoms with Crippen LogP contribution in [0.5, 0.6) is 0 Å². The van der Waals surface area contributed by atoms with E-state index in [1.54, 1.807) is 0 Å². The number of aromatic nitrogens is 2. The summed E-state index contributed by atoms with van der Waals surface area (Å²) in [7, 11) is 0. The Bertz CT molecular complexity index is 1640. The summed E-state index contributed by atoms with van der Waals surface area (Å²) in [5, 5.41) is 2.53. The average molecular weight is 535 g/mol. The average Bonchev–Trinajstić information content (AvgIpc) is 3.47. The van der Waals surface area contributed by atoms with Crippen LogP contribution >= 0.6 is 0 Å². The molecule has 1 atom stereocenters. The van der Waals surface area contributed by atoms with Crippen LogP contribution in [0, 0.1) is 5.92 Å². The number of benzene rings is 5. The number of rotatable bonds is 8. The van der Waals surface area contributed by atoms with Crippen molar-refractivity contribution in [3.63, 3.8) is 0 Å². The molecule has 202 valence electrons. The lowest BCUT2D eigenvalue weighted by atomic mass is 9.76. The Kier molecular flexibility index (Phi) is 6.96. The molecule has 1 aliphatic carbocycles. The Balaban J connectivity index is 1.22. The molecule has 0 saturated carbocycles. The lowest BCUT2D eigenvalue weighted by Crippen LogP contribution is -2.39. The van der Waals surface area contributed by atoms with Crippen molar-refractivity contribution < 1.29 is 4.74 Å². The highest BCUT2D eigenvalue weighted by atomic mass is 16.5. The third-order valence-corrected chi connectivity index (χ3v) is 8.60. The van der Waals surface area contributed by atoms with E-state index in [1.807, 2.05) is 0 Å². The first kappa shape index (κ1) is 25.5. The van der Waals surface area contributed by atoms with Crippen molar-refractivity contribution in [3.8, 4) is 0 Å². The minimum absolute atomic E-state index is 0.443. The Morgan fingerprint density at radius 1 is 0.683 bits per heavy atom. The molecule has 0 radical (unpaired) electrons. The summed E-state index contributed by atoms with van der Waals surface area (Å²) in [6, 6.07) is 47.8. The smallest absolute Gasteiger partial charge is 0.121 e. The largest absolute Gasteiger partial charge is 0.376 e. The fraction of sp³-hybridized carbons (Fsp3) is 0.184. The molecule has 0 bridgehead atoms. The van der Waals surface area contributed by atoms with E-state index in [0.29, 0.717) is 12.5 Å². The summed E-state index contributed by atoms with van der Waals surface area (Å²) in [4.78, 5) is 5.01. The van der Waals surface area contributed by atoms with Gasteiger partial charge in [0.1, 0.15) is 5.54 Å². The highest BCUT2D eigenvalue weighted by Crippen LogP contribution is 2.43. The maximum absolute atomic E-state index is 6.35. The van der Waals surface area contributed by atoms with Crippen molar-refractivity contribution in [1.82, 2.24) is 9.55 Å². The van der Waals surface area contributed by atoms with Gasteiger partial charge in [-0.1, -0.05) is 127 Å². The topological polar surface area (TPSA) is 27.1 Å². The van der Waals surface area contributed by atoms with E-state index < -0.39 is 5.54 Å². The number of nitrogens with zero attached hydrogens (tertiary/aromatic N) is 2. The molecule has 0 amide bonds. The lowest BCUT2D eigenvalue weighted by molar-refractivity contribution is 0.0813. The second-order valence-electron chi connectivity index (χ2n) is 11.1. The third-order valence-electron chi connectivity index (χ3n) is 8.60. The monoisotopic (exact) mass is 534 g/mol. The minimum atomic E-state index is -0.530. The van der Waals surface area contributed by atoms with Crippen LogP contribution in [0.15, 0.2) is 140 Å². The van der Waals surface area contributed by atoms with E-state index in [0.717, 1.165) is 25.9 Å². The van der Waals surface area contributed by atoms with E-state index in [1.165, 1.54) is 44.4 Å². The molecule has 41 heavy (non-hydrogen) atoms. The highest BCUT2D eigenvalue weighted by molar-refractivity contribution is 5.82. The SMILES string of the molecule is c1ccc(C(c2ccccc2)(c2ccccc2)n2cnc3c2CC(COCc2ccc4ccccc4c2)CC3)cc1. The molecule has 1 heterocycles. The van der Waals surface area contributed by atoms with Crippen LogP contribution in [-0.2, 0) is 29.7 Å². The fourth-order valence-corrected chi connectivity index (χ4v) is 6.61. The second kappa shape index (κ2) is 11.2. The van der Waals surface area contributed by atoms with Crippen LogP contribution in [0.2, 0.25) is 0 Å². The first-order chi connectivity index (χ1) is 20.3. The Hall–Kier alpha value is -4.47. The minimum Gasteiger partial charge on any atom is -0.376 e. The van der Waals surface area contributed by atoms with Gasteiger partial charge >= 0.3 is 0 Å². The molecule has 7 rings (SSSR count). The molecule has 0 N–H and O–H groups in total. The van der Waals surface area contributed by atoms with Crippen molar-refractivity contribution >= 4 is 10.8 Å². The summed E-state index contributed by atoms with van der Waals surface area (Å²) >= 11 is 0. The predicted octanol–water partition coefficient (Wildman–Crippen LogP) is 8.20. The van der Waals surface area contributed by atoms with Gasteiger partial charge in [0.25, 0.3) is 0 Å². The van der Waals surface area contributed by atoms with Gasteiger partial charge in [-0.2, -0.15) is 0 Å². The van der Waals surface area contributed by atoms with Gasteiger partial charge in [-0.05, 0) is 64.3 Å². The molecule has 0 aliphatic heterocycles. The lowest BCUT2D eigenvalue weighted by Gasteiger charge is -2.39. The van der Waals surface area contributed by atoms with Crippen molar-refractivity contribution in [2.24, 2.45) is 5.92 Å². The molecular formula is C38H34N2O. The number of fused-ring (bicyclic) bond motifs is 2.